The fraction of sp³-hybridized carbons (Fsp3) is 0.364. The maximum atomic E-state index is 2.62. The van der Waals surface area contributed by atoms with Crippen LogP contribution in [-0.2, 0) is 19.9 Å². The number of benzene rings is 3. The summed E-state index contributed by atoms with van der Waals surface area (Å²) in [5.74, 6) is 0. The Bertz CT molecular complexity index is 1770. The second-order valence-corrected chi connectivity index (χ2v) is 13.1. The summed E-state index contributed by atoms with van der Waals surface area (Å²) in [6.07, 6.45) is 4.34. The smallest absolute Gasteiger partial charge is 0.224 e. The third-order valence-corrected chi connectivity index (χ3v) is 7.48. The van der Waals surface area contributed by atoms with Gasteiger partial charge >= 0.3 is 0 Å². The molecule has 3 aromatic heterocycles. The van der Waals surface area contributed by atoms with Crippen molar-refractivity contribution in [2.75, 3.05) is 0 Å². The van der Waals surface area contributed by atoms with E-state index in [-0.39, 0.29) is 10.8 Å². The highest BCUT2D eigenvalue weighted by Crippen LogP contribution is 2.42. The molecule has 0 amide bonds. The molecule has 0 N–H and O–H groups in total. The highest BCUT2D eigenvalue weighted by molar-refractivity contribution is 6.26. The standard InChI is InChI=1S/C33H37N2/c1-20-9-13-25-24-14-10-21(18-32(2,3)4)17-26(24)35-29-23(19-33(5,6)7)12-11-22-15-16-34(8)31(28(22)29)27(20)30(25)35/h9-17H,18-19H2,1-8H3/q+1. The van der Waals surface area contributed by atoms with E-state index in [0.29, 0.717) is 0 Å². The normalized spacial score (nSPS) is 13.4. The van der Waals surface area contributed by atoms with Crippen molar-refractivity contribution in [3.8, 4) is 0 Å². The number of aromatic nitrogens is 2. The summed E-state index contributed by atoms with van der Waals surface area (Å²) in [5.41, 5.74) is 10.1. The largest absolute Gasteiger partial charge is 0.307 e. The minimum Gasteiger partial charge on any atom is -0.307 e. The molecule has 35 heavy (non-hydrogen) atoms. The van der Waals surface area contributed by atoms with Crippen LogP contribution in [0, 0.1) is 17.8 Å². The van der Waals surface area contributed by atoms with Crippen LogP contribution < -0.4 is 4.57 Å². The Balaban J connectivity index is 1.92. The first-order valence-corrected chi connectivity index (χ1v) is 12.9. The van der Waals surface area contributed by atoms with Crippen LogP contribution in [0.1, 0.15) is 58.2 Å². The molecule has 3 aromatic carbocycles. The molecule has 0 saturated carbocycles. The molecule has 6 aromatic rings. The molecular formula is C33H37N2+. The summed E-state index contributed by atoms with van der Waals surface area (Å²) in [4.78, 5) is 0. The molecule has 178 valence electrons. The molecule has 0 aliphatic heterocycles. The van der Waals surface area contributed by atoms with Gasteiger partial charge in [-0.25, -0.2) is 4.57 Å². The Kier molecular flexibility index (Phi) is 4.59. The zero-order valence-corrected chi connectivity index (χ0v) is 22.5. The summed E-state index contributed by atoms with van der Waals surface area (Å²) < 4.78 is 4.95. The van der Waals surface area contributed by atoms with Crippen molar-refractivity contribution < 1.29 is 4.57 Å². The lowest BCUT2D eigenvalue weighted by molar-refractivity contribution is -0.643. The number of nitrogens with zero attached hydrogens (tertiary/aromatic N) is 2. The van der Waals surface area contributed by atoms with Gasteiger partial charge in [0.2, 0.25) is 5.52 Å². The molecule has 0 bridgehead atoms. The summed E-state index contributed by atoms with van der Waals surface area (Å²) in [6, 6.07) is 18.8. The molecule has 0 aliphatic rings. The van der Waals surface area contributed by atoms with Crippen molar-refractivity contribution >= 4 is 49.0 Å². The van der Waals surface area contributed by atoms with E-state index in [1.807, 2.05) is 0 Å². The van der Waals surface area contributed by atoms with Gasteiger partial charge in [-0.2, -0.15) is 0 Å². The molecule has 0 saturated heterocycles. The van der Waals surface area contributed by atoms with Gasteiger partial charge in [-0.15, -0.1) is 0 Å². The Morgan fingerprint density at radius 2 is 1.46 bits per heavy atom. The van der Waals surface area contributed by atoms with E-state index in [0.717, 1.165) is 12.8 Å². The highest BCUT2D eigenvalue weighted by atomic mass is 15.0. The van der Waals surface area contributed by atoms with E-state index < -0.39 is 0 Å². The van der Waals surface area contributed by atoms with Gasteiger partial charge < -0.3 is 4.40 Å². The lowest BCUT2D eigenvalue weighted by atomic mass is 9.86. The molecular weight excluding hydrogens is 424 g/mol. The van der Waals surface area contributed by atoms with Crippen LogP contribution in [0.25, 0.3) is 49.0 Å². The van der Waals surface area contributed by atoms with Crippen LogP contribution >= 0.6 is 0 Å². The summed E-state index contributed by atoms with van der Waals surface area (Å²) in [5, 5.41) is 6.80. The molecule has 0 radical (unpaired) electrons. The van der Waals surface area contributed by atoms with E-state index in [1.165, 1.54) is 65.7 Å². The predicted molar refractivity (Wildman–Crippen MR) is 151 cm³/mol. The van der Waals surface area contributed by atoms with Crippen molar-refractivity contribution in [2.24, 2.45) is 17.9 Å². The van der Waals surface area contributed by atoms with Crippen LogP contribution in [-0.4, -0.2) is 4.40 Å². The first kappa shape index (κ1) is 22.3. The minimum absolute atomic E-state index is 0.202. The number of hydrogen-bond donors (Lipinski definition) is 0. The van der Waals surface area contributed by atoms with E-state index in [4.69, 9.17) is 0 Å². The van der Waals surface area contributed by atoms with Gasteiger partial charge in [-0.3, -0.25) is 0 Å². The second kappa shape index (κ2) is 7.20. The maximum absolute atomic E-state index is 2.62. The number of aryl methyl sites for hydroxylation is 2. The third kappa shape index (κ3) is 3.41. The molecule has 0 unspecified atom stereocenters. The molecule has 2 nitrogen and oxygen atoms in total. The zero-order chi connectivity index (χ0) is 24.9. The van der Waals surface area contributed by atoms with E-state index in [1.54, 1.807) is 0 Å². The van der Waals surface area contributed by atoms with Crippen LogP contribution in [0.5, 0.6) is 0 Å². The van der Waals surface area contributed by atoms with E-state index in [9.17, 15) is 0 Å². The second-order valence-electron chi connectivity index (χ2n) is 13.1. The van der Waals surface area contributed by atoms with Gasteiger partial charge in [0.25, 0.3) is 0 Å². The Morgan fingerprint density at radius 1 is 0.743 bits per heavy atom. The van der Waals surface area contributed by atoms with E-state index in [2.05, 4.69) is 119 Å². The molecule has 0 fully saturated rings. The van der Waals surface area contributed by atoms with Gasteiger partial charge in [-0.05, 0) is 58.7 Å². The lowest BCUT2D eigenvalue weighted by Gasteiger charge is -2.22. The minimum atomic E-state index is 0.202. The fourth-order valence-corrected chi connectivity index (χ4v) is 6.26. The van der Waals surface area contributed by atoms with Crippen LogP contribution in [0.3, 0.4) is 0 Å². The molecule has 0 aliphatic carbocycles. The number of pyridine rings is 2. The highest BCUT2D eigenvalue weighted by Gasteiger charge is 2.26. The average Bonchev–Trinajstić information content (AvgIpc) is 3.07. The first-order chi connectivity index (χ1) is 16.4. The van der Waals surface area contributed by atoms with Crippen molar-refractivity contribution in [1.82, 2.24) is 4.40 Å². The average molecular weight is 462 g/mol. The number of fused-ring (bicyclic) bond motifs is 5. The zero-order valence-electron chi connectivity index (χ0n) is 22.5. The molecule has 0 atom stereocenters. The van der Waals surface area contributed by atoms with E-state index >= 15 is 0 Å². The van der Waals surface area contributed by atoms with Gasteiger partial charge in [-0.1, -0.05) is 77.9 Å². The maximum Gasteiger partial charge on any atom is 0.224 e. The summed E-state index contributed by atoms with van der Waals surface area (Å²) in [6.45, 7) is 16.3. The van der Waals surface area contributed by atoms with Crippen molar-refractivity contribution in [3.05, 3.63) is 71.4 Å². The molecule has 2 heteroatoms. The van der Waals surface area contributed by atoms with Crippen molar-refractivity contribution in [1.29, 1.82) is 0 Å². The number of hydrogen-bond acceptors (Lipinski definition) is 0. The van der Waals surface area contributed by atoms with Crippen LogP contribution in [0.15, 0.2) is 54.7 Å². The van der Waals surface area contributed by atoms with Gasteiger partial charge in [0, 0.05) is 16.8 Å². The van der Waals surface area contributed by atoms with Crippen molar-refractivity contribution in [3.63, 3.8) is 0 Å². The quantitative estimate of drug-likeness (QED) is 0.139. The molecule has 3 heterocycles. The van der Waals surface area contributed by atoms with Crippen molar-refractivity contribution in [2.45, 2.75) is 61.3 Å². The fourth-order valence-electron chi connectivity index (χ4n) is 6.26. The predicted octanol–water partition coefficient (Wildman–Crippen LogP) is 8.30. The number of rotatable bonds is 2. The van der Waals surface area contributed by atoms with Crippen LogP contribution in [0.4, 0.5) is 0 Å². The SMILES string of the molecule is Cc1ccc2c3ccc(CC(C)(C)C)cc3n3c4c(CC(C)(C)C)ccc5cc[n+](C)c(c1c23)c54. The Labute approximate surface area is 208 Å². The first-order valence-electron chi connectivity index (χ1n) is 12.9. The monoisotopic (exact) mass is 461 g/mol. The Morgan fingerprint density at radius 3 is 2.17 bits per heavy atom. The summed E-state index contributed by atoms with van der Waals surface area (Å²) >= 11 is 0. The lowest BCUT2D eigenvalue weighted by Crippen LogP contribution is -2.29. The molecule has 0 spiro atoms. The van der Waals surface area contributed by atoms with Gasteiger partial charge in [0.05, 0.1) is 27.3 Å². The van der Waals surface area contributed by atoms with Crippen LogP contribution in [0.2, 0.25) is 0 Å². The summed E-state index contributed by atoms with van der Waals surface area (Å²) in [7, 11) is 2.20. The third-order valence-electron chi connectivity index (χ3n) is 7.48. The van der Waals surface area contributed by atoms with Gasteiger partial charge in [0.15, 0.2) is 6.20 Å². The Hall–Kier alpha value is -3.13. The molecule has 6 rings (SSSR count). The topological polar surface area (TPSA) is 8.29 Å². The van der Waals surface area contributed by atoms with Gasteiger partial charge in [0.1, 0.15) is 7.05 Å².